The molecule has 0 aliphatic carbocycles. The number of nitrogens with zero attached hydrogens (tertiary/aromatic N) is 1. The highest BCUT2D eigenvalue weighted by molar-refractivity contribution is 7.08. The van der Waals surface area contributed by atoms with Crippen LogP contribution in [0.25, 0.3) is 0 Å². The molecule has 2 heterocycles. The van der Waals surface area contributed by atoms with Crippen LogP contribution >= 0.6 is 11.3 Å². The van der Waals surface area contributed by atoms with Crippen LogP contribution in [-0.2, 0) is 9.53 Å². The van der Waals surface area contributed by atoms with Crippen molar-refractivity contribution >= 4 is 23.2 Å². The smallest absolute Gasteiger partial charge is 0.252 e. The molecule has 1 aliphatic heterocycles. The lowest BCUT2D eigenvalue weighted by molar-refractivity contribution is -0.121. The van der Waals surface area contributed by atoms with E-state index in [0.717, 1.165) is 26.3 Å². The number of carbonyl (C=O) groups excluding carboxylic acids is 2. The third-order valence-corrected chi connectivity index (χ3v) is 4.37. The van der Waals surface area contributed by atoms with Gasteiger partial charge in [-0.3, -0.25) is 14.5 Å². The maximum absolute atomic E-state index is 11.8. The summed E-state index contributed by atoms with van der Waals surface area (Å²) in [6.07, 6.45) is 0.297. The van der Waals surface area contributed by atoms with Gasteiger partial charge >= 0.3 is 0 Å². The van der Waals surface area contributed by atoms with Gasteiger partial charge in [0.1, 0.15) is 0 Å². The molecule has 0 bridgehead atoms. The minimum absolute atomic E-state index is 0.0364. The van der Waals surface area contributed by atoms with Crippen LogP contribution in [-0.4, -0.2) is 62.1 Å². The van der Waals surface area contributed by atoms with E-state index in [1.165, 1.54) is 11.3 Å². The molecule has 2 rings (SSSR count). The quantitative estimate of drug-likeness (QED) is 0.774. The summed E-state index contributed by atoms with van der Waals surface area (Å²) in [5.41, 5.74) is 0.645. The summed E-state index contributed by atoms with van der Waals surface area (Å²) in [7, 11) is 0. The van der Waals surface area contributed by atoms with Gasteiger partial charge in [-0.25, -0.2) is 0 Å². The Balaban J connectivity index is 1.58. The first kappa shape index (κ1) is 16.9. The SMILES string of the molecule is CC(CNC(=O)CCNC(=O)c1ccsc1)N1CCOCC1. The van der Waals surface area contributed by atoms with Gasteiger partial charge in [0, 0.05) is 49.6 Å². The van der Waals surface area contributed by atoms with E-state index >= 15 is 0 Å². The Morgan fingerprint density at radius 3 is 2.82 bits per heavy atom. The largest absolute Gasteiger partial charge is 0.379 e. The van der Waals surface area contributed by atoms with E-state index in [9.17, 15) is 9.59 Å². The van der Waals surface area contributed by atoms with Crippen molar-refractivity contribution < 1.29 is 14.3 Å². The Morgan fingerprint density at radius 1 is 1.36 bits per heavy atom. The first-order valence-electron chi connectivity index (χ1n) is 7.55. The monoisotopic (exact) mass is 325 g/mol. The number of ether oxygens (including phenoxy) is 1. The van der Waals surface area contributed by atoms with Gasteiger partial charge < -0.3 is 15.4 Å². The lowest BCUT2D eigenvalue weighted by atomic mass is 10.2. The normalized spacial score (nSPS) is 17.0. The fraction of sp³-hybridized carbons (Fsp3) is 0.600. The molecule has 1 aromatic rings. The molecule has 0 radical (unpaired) electrons. The summed E-state index contributed by atoms with van der Waals surface area (Å²) in [5.74, 6) is -0.165. The summed E-state index contributed by atoms with van der Waals surface area (Å²) in [6, 6.07) is 2.07. The minimum atomic E-state index is -0.129. The summed E-state index contributed by atoms with van der Waals surface area (Å²) >= 11 is 1.48. The molecule has 122 valence electrons. The molecule has 1 fully saturated rings. The average Bonchev–Trinajstić information content (AvgIpc) is 3.08. The Kier molecular flexibility index (Phi) is 6.82. The maximum atomic E-state index is 11.8. The number of nitrogens with one attached hydrogen (secondary N) is 2. The van der Waals surface area contributed by atoms with Crippen molar-refractivity contribution in [3.05, 3.63) is 22.4 Å². The summed E-state index contributed by atoms with van der Waals surface area (Å²) in [5, 5.41) is 9.31. The summed E-state index contributed by atoms with van der Waals surface area (Å²) in [4.78, 5) is 25.8. The minimum Gasteiger partial charge on any atom is -0.379 e. The Hall–Kier alpha value is -1.44. The molecular formula is C15H23N3O3S. The van der Waals surface area contributed by atoms with Crippen LogP contribution in [0.4, 0.5) is 0 Å². The van der Waals surface area contributed by atoms with Crippen molar-refractivity contribution in [3.8, 4) is 0 Å². The first-order valence-corrected chi connectivity index (χ1v) is 8.50. The van der Waals surface area contributed by atoms with Gasteiger partial charge in [0.05, 0.1) is 13.2 Å². The molecule has 0 spiro atoms. The van der Waals surface area contributed by atoms with Crippen LogP contribution in [0.1, 0.15) is 23.7 Å². The molecule has 1 saturated heterocycles. The van der Waals surface area contributed by atoms with E-state index in [0.29, 0.717) is 31.1 Å². The fourth-order valence-corrected chi connectivity index (χ4v) is 2.92. The Labute approximate surface area is 134 Å². The first-order chi connectivity index (χ1) is 10.7. The highest BCUT2D eigenvalue weighted by Crippen LogP contribution is 2.05. The van der Waals surface area contributed by atoms with Crippen LogP contribution in [0.3, 0.4) is 0 Å². The lowest BCUT2D eigenvalue weighted by Gasteiger charge is -2.32. The van der Waals surface area contributed by atoms with Gasteiger partial charge in [-0.05, 0) is 18.4 Å². The van der Waals surface area contributed by atoms with Crippen LogP contribution in [0, 0.1) is 0 Å². The average molecular weight is 325 g/mol. The molecule has 2 N–H and O–H groups in total. The van der Waals surface area contributed by atoms with Gasteiger partial charge in [-0.15, -0.1) is 0 Å². The third kappa shape index (κ3) is 5.40. The highest BCUT2D eigenvalue weighted by Gasteiger charge is 2.17. The second kappa shape index (κ2) is 8.87. The number of hydrogen-bond donors (Lipinski definition) is 2. The summed E-state index contributed by atoms with van der Waals surface area (Å²) < 4.78 is 5.31. The number of morpholine rings is 1. The van der Waals surface area contributed by atoms with Gasteiger partial charge in [0.2, 0.25) is 5.91 Å². The molecule has 1 atom stereocenters. The zero-order chi connectivity index (χ0) is 15.8. The second-order valence-electron chi connectivity index (χ2n) is 5.32. The lowest BCUT2D eigenvalue weighted by Crippen LogP contribution is -2.47. The van der Waals surface area contributed by atoms with Crippen LogP contribution < -0.4 is 10.6 Å². The molecule has 7 heteroatoms. The number of hydrogen-bond acceptors (Lipinski definition) is 5. The summed E-state index contributed by atoms with van der Waals surface area (Å²) in [6.45, 7) is 6.41. The Bertz CT molecular complexity index is 472. The standard InChI is InChI=1S/C15H23N3O3S/c1-12(18-5-7-21-8-6-18)10-17-14(19)2-4-16-15(20)13-3-9-22-11-13/h3,9,11-12H,2,4-8,10H2,1H3,(H,16,20)(H,17,19). The van der Waals surface area contributed by atoms with Gasteiger partial charge in [-0.2, -0.15) is 11.3 Å². The molecule has 22 heavy (non-hydrogen) atoms. The van der Waals surface area contributed by atoms with Gasteiger partial charge in [-0.1, -0.05) is 0 Å². The molecule has 1 aromatic heterocycles. The van der Waals surface area contributed by atoms with E-state index in [-0.39, 0.29) is 11.8 Å². The molecule has 6 nitrogen and oxygen atoms in total. The number of thiophene rings is 1. The van der Waals surface area contributed by atoms with E-state index in [4.69, 9.17) is 4.74 Å². The predicted molar refractivity (Wildman–Crippen MR) is 86.1 cm³/mol. The van der Waals surface area contributed by atoms with Crippen molar-refractivity contribution in [2.75, 3.05) is 39.4 Å². The van der Waals surface area contributed by atoms with Crippen molar-refractivity contribution in [2.45, 2.75) is 19.4 Å². The third-order valence-electron chi connectivity index (χ3n) is 3.68. The zero-order valence-corrected chi connectivity index (χ0v) is 13.7. The molecular weight excluding hydrogens is 302 g/mol. The molecule has 0 saturated carbocycles. The zero-order valence-electron chi connectivity index (χ0n) is 12.8. The predicted octanol–water partition coefficient (Wildman–Crippen LogP) is 0.705. The maximum Gasteiger partial charge on any atom is 0.252 e. The Morgan fingerprint density at radius 2 is 2.14 bits per heavy atom. The molecule has 0 aromatic carbocycles. The van der Waals surface area contributed by atoms with Crippen molar-refractivity contribution in [2.24, 2.45) is 0 Å². The molecule has 2 amide bonds. The highest BCUT2D eigenvalue weighted by atomic mass is 32.1. The van der Waals surface area contributed by atoms with Crippen LogP contribution in [0.5, 0.6) is 0 Å². The van der Waals surface area contributed by atoms with Crippen LogP contribution in [0.15, 0.2) is 16.8 Å². The van der Waals surface area contributed by atoms with Crippen molar-refractivity contribution in [1.82, 2.24) is 15.5 Å². The van der Waals surface area contributed by atoms with Gasteiger partial charge in [0.25, 0.3) is 5.91 Å². The number of rotatable bonds is 7. The van der Waals surface area contributed by atoms with Crippen molar-refractivity contribution in [1.29, 1.82) is 0 Å². The fourth-order valence-electron chi connectivity index (χ4n) is 2.28. The topological polar surface area (TPSA) is 70.7 Å². The van der Waals surface area contributed by atoms with E-state index in [2.05, 4.69) is 22.5 Å². The van der Waals surface area contributed by atoms with Crippen molar-refractivity contribution in [3.63, 3.8) is 0 Å². The number of carbonyl (C=O) groups is 2. The van der Waals surface area contributed by atoms with Crippen LogP contribution in [0.2, 0.25) is 0 Å². The van der Waals surface area contributed by atoms with E-state index in [1.54, 1.807) is 11.4 Å². The molecule has 1 unspecified atom stereocenters. The van der Waals surface area contributed by atoms with E-state index in [1.807, 2.05) is 5.38 Å². The number of amides is 2. The molecule has 1 aliphatic rings. The van der Waals surface area contributed by atoms with Gasteiger partial charge in [0.15, 0.2) is 0 Å². The van der Waals surface area contributed by atoms with E-state index < -0.39 is 0 Å². The second-order valence-corrected chi connectivity index (χ2v) is 6.10.